The minimum atomic E-state index is -0.874. The molecule has 0 heterocycles. The Hall–Kier alpha value is -2.24. The molecule has 110 valence electrons. The summed E-state index contributed by atoms with van der Waals surface area (Å²) in [5, 5.41) is 11.2. The van der Waals surface area contributed by atoms with Gasteiger partial charge in [0.25, 0.3) is 5.91 Å². The third kappa shape index (κ3) is 4.15. The molecule has 1 aromatic rings. The molecule has 0 saturated heterocycles. The second-order valence-electron chi connectivity index (χ2n) is 4.28. The van der Waals surface area contributed by atoms with E-state index in [0.29, 0.717) is 30.0 Å². The zero-order valence-electron chi connectivity index (χ0n) is 11.9. The third-order valence-electron chi connectivity index (χ3n) is 2.83. The van der Waals surface area contributed by atoms with Crippen molar-refractivity contribution in [2.45, 2.75) is 19.8 Å². The van der Waals surface area contributed by atoms with Crippen molar-refractivity contribution in [1.29, 1.82) is 0 Å². The van der Waals surface area contributed by atoms with E-state index in [1.807, 2.05) is 0 Å². The molecule has 2 N–H and O–H groups in total. The maximum absolute atomic E-state index is 12.0. The Bertz CT molecular complexity index is 499. The fourth-order valence-electron chi connectivity index (χ4n) is 1.76. The second kappa shape index (κ2) is 7.37. The standard InChI is InChI=1S/C14H19NO5/c1-9-7-11(19-2)12(20-3)8-10(9)14(18)15-6-4-5-13(16)17/h7-8H,4-6H2,1-3H3,(H,15,18)(H,16,17). The van der Waals surface area contributed by atoms with Crippen molar-refractivity contribution in [2.24, 2.45) is 0 Å². The number of carbonyl (C=O) groups is 2. The van der Waals surface area contributed by atoms with Crippen LogP contribution in [0.1, 0.15) is 28.8 Å². The molecule has 0 saturated carbocycles. The summed E-state index contributed by atoms with van der Waals surface area (Å²) in [6.45, 7) is 2.12. The van der Waals surface area contributed by atoms with Crippen molar-refractivity contribution in [3.8, 4) is 11.5 Å². The lowest BCUT2D eigenvalue weighted by atomic mass is 10.1. The van der Waals surface area contributed by atoms with Gasteiger partial charge in [-0.15, -0.1) is 0 Å². The molecule has 1 rings (SSSR count). The number of hydrogen-bond acceptors (Lipinski definition) is 4. The van der Waals surface area contributed by atoms with Crippen LogP contribution in [-0.4, -0.2) is 37.7 Å². The van der Waals surface area contributed by atoms with Crippen molar-refractivity contribution in [3.05, 3.63) is 23.3 Å². The summed E-state index contributed by atoms with van der Waals surface area (Å²) in [5.41, 5.74) is 1.25. The first kappa shape index (κ1) is 15.8. The number of carbonyl (C=O) groups excluding carboxylic acids is 1. The molecule has 0 radical (unpaired) electrons. The quantitative estimate of drug-likeness (QED) is 0.742. The van der Waals surface area contributed by atoms with E-state index in [1.165, 1.54) is 14.2 Å². The molecule has 6 heteroatoms. The third-order valence-corrected chi connectivity index (χ3v) is 2.83. The monoisotopic (exact) mass is 281 g/mol. The number of nitrogens with one attached hydrogen (secondary N) is 1. The number of hydrogen-bond donors (Lipinski definition) is 2. The molecule has 6 nitrogen and oxygen atoms in total. The molecule has 0 aliphatic carbocycles. The summed E-state index contributed by atoms with van der Waals surface area (Å²) in [7, 11) is 3.03. The number of benzene rings is 1. The normalized spacial score (nSPS) is 9.95. The molecule has 0 fully saturated rings. The Morgan fingerprint density at radius 2 is 1.80 bits per heavy atom. The van der Waals surface area contributed by atoms with Crippen molar-refractivity contribution in [2.75, 3.05) is 20.8 Å². The highest BCUT2D eigenvalue weighted by Gasteiger charge is 2.14. The summed E-state index contributed by atoms with van der Waals surface area (Å²) in [4.78, 5) is 22.4. The van der Waals surface area contributed by atoms with Crippen LogP contribution in [0, 0.1) is 6.92 Å². The van der Waals surface area contributed by atoms with Gasteiger partial charge in [-0.3, -0.25) is 9.59 Å². The number of aliphatic carboxylic acids is 1. The second-order valence-corrected chi connectivity index (χ2v) is 4.28. The fourth-order valence-corrected chi connectivity index (χ4v) is 1.76. The number of methoxy groups -OCH3 is 2. The zero-order valence-corrected chi connectivity index (χ0v) is 11.9. The first-order valence-corrected chi connectivity index (χ1v) is 6.22. The Morgan fingerprint density at radius 1 is 1.20 bits per heavy atom. The van der Waals surface area contributed by atoms with Crippen LogP contribution in [0.15, 0.2) is 12.1 Å². The van der Waals surface area contributed by atoms with Crippen LogP contribution in [0.3, 0.4) is 0 Å². The summed E-state index contributed by atoms with van der Waals surface area (Å²) in [6.07, 6.45) is 0.429. The van der Waals surface area contributed by atoms with Gasteiger partial charge in [-0.1, -0.05) is 0 Å². The van der Waals surface area contributed by atoms with Crippen LogP contribution in [0.4, 0.5) is 0 Å². The summed E-state index contributed by atoms with van der Waals surface area (Å²) >= 11 is 0. The van der Waals surface area contributed by atoms with Gasteiger partial charge in [-0.25, -0.2) is 0 Å². The van der Waals surface area contributed by atoms with Crippen molar-refractivity contribution < 1.29 is 24.2 Å². The molecular formula is C14H19NO5. The molecular weight excluding hydrogens is 262 g/mol. The summed E-state index contributed by atoms with van der Waals surface area (Å²) < 4.78 is 10.3. The van der Waals surface area contributed by atoms with Gasteiger partial charge in [0.15, 0.2) is 11.5 Å². The SMILES string of the molecule is COc1cc(C)c(C(=O)NCCCC(=O)O)cc1OC. The molecule has 0 spiro atoms. The number of aryl methyl sites for hydroxylation is 1. The highest BCUT2D eigenvalue weighted by molar-refractivity contribution is 5.96. The van der Waals surface area contributed by atoms with Crippen molar-refractivity contribution in [3.63, 3.8) is 0 Å². The summed E-state index contributed by atoms with van der Waals surface area (Å²) in [5.74, 6) is -0.0865. The molecule has 0 aliphatic rings. The van der Waals surface area contributed by atoms with Gasteiger partial charge in [0, 0.05) is 18.5 Å². The average Bonchev–Trinajstić information content (AvgIpc) is 2.42. The predicted octanol–water partition coefficient (Wildman–Crippen LogP) is 1.61. The lowest BCUT2D eigenvalue weighted by Crippen LogP contribution is -2.25. The van der Waals surface area contributed by atoms with E-state index in [0.717, 1.165) is 5.56 Å². The molecule has 0 bridgehead atoms. The van der Waals surface area contributed by atoms with E-state index < -0.39 is 5.97 Å². The highest BCUT2D eigenvalue weighted by Crippen LogP contribution is 2.30. The van der Waals surface area contributed by atoms with Gasteiger partial charge >= 0.3 is 5.97 Å². The molecule has 20 heavy (non-hydrogen) atoms. The molecule has 0 atom stereocenters. The highest BCUT2D eigenvalue weighted by atomic mass is 16.5. The molecule has 1 amide bonds. The van der Waals surface area contributed by atoms with Gasteiger partial charge < -0.3 is 19.9 Å². The molecule has 0 aliphatic heterocycles. The summed E-state index contributed by atoms with van der Waals surface area (Å²) in [6, 6.07) is 3.34. The Morgan fingerprint density at radius 3 is 2.35 bits per heavy atom. The minimum absolute atomic E-state index is 0.0329. The topological polar surface area (TPSA) is 84.9 Å². The number of amides is 1. The number of rotatable bonds is 7. The predicted molar refractivity (Wildman–Crippen MR) is 73.5 cm³/mol. The van der Waals surface area contributed by atoms with E-state index in [4.69, 9.17) is 14.6 Å². The fraction of sp³-hybridized carbons (Fsp3) is 0.429. The minimum Gasteiger partial charge on any atom is -0.493 e. The first-order valence-electron chi connectivity index (χ1n) is 6.22. The van der Waals surface area contributed by atoms with E-state index in [-0.39, 0.29) is 12.3 Å². The lowest BCUT2D eigenvalue weighted by Gasteiger charge is -2.12. The van der Waals surface area contributed by atoms with E-state index >= 15 is 0 Å². The average molecular weight is 281 g/mol. The van der Waals surface area contributed by atoms with Crippen LogP contribution in [-0.2, 0) is 4.79 Å². The van der Waals surface area contributed by atoms with Crippen LogP contribution >= 0.6 is 0 Å². The first-order chi connectivity index (χ1) is 9.49. The van der Waals surface area contributed by atoms with Gasteiger partial charge in [-0.2, -0.15) is 0 Å². The maximum Gasteiger partial charge on any atom is 0.303 e. The van der Waals surface area contributed by atoms with Crippen LogP contribution in [0.5, 0.6) is 11.5 Å². The smallest absolute Gasteiger partial charge is 0.303 e. The van der Waals surface area contributed by atoms with Gasteiger partial charge in [0.2, 0.25) is 0 Å². The van der Waals surface area contributed by atoms with Crippen molar-refractivity contribution in [1.82, 2.24) is 5.32 Å². The molecule has 0 aromatic heterocycles. The Kier molecular flexibility index (Phi) is 5.83. The van der Waals surface area contributed by atoms with Gasteiger partial charge in [-0.05, 0) is 31.0 Å². The zero-order chi connectivity index (χ0) is 15.1. The largest absolute Gasteiger partial charge is 0.493 e. The van der Waals surface area contributed by atoms with E-state index in [9.17, 15) is 9.59 Å². The Balaban J connectivity index is 2.75. The van der Waals surface area contributed by atoms with Crippen LogP contribution in [0.2, 0.25) is 0 Å². The van der Waals surface area contributed by atoms with Gasteiger partial charge in [0.1, 0.15) is 0 Å². The van der Waals surface area contributed by atoms with E-state index in [1.54, 1.807) is 19.1 Å². The van der Waals surface area contributed by atoms with Crippen LogP contribution in [0.25, 0.3) is 0 Å². The Labute approximate surface area is 117 Å². The van der Waals surface area contributed by atoms with E-state index in [2.05, 4.69) is 5.32 Å². The maximum atomic E-state index is 12.0. The number of carboxylic acids is 1. The molecule has 1 aromatic carbocycles. The number of carboxylic acid groups (broad SMARTS) is 1. The lowest BCUT2D eigenvalue weighted by molar-refractivity contribution is -0.137. The van der Waals surface area contributed by atoms with Crippen molar-refractivity contribution >= 4 is 11.9 Å². The van der Waals surface area contributed by atoms with Gasteiger partial charge in [0.05, 0.1) is 14.2 Å². The number of ether oxygens (including phenoxy) is 2. The van der Waals surface area contributed by atoms with Crippen LogP contribution < -0.4 is 14.8 Å². The molecule has 0 unspecified atom stereocenters.